The molecule has 1 saturated heterocycles. The number of benzene rings is 2. The molecule has 0 radical (unpaired) electrons. The molecule has 2 heterocycles. The molecule has 2 amide bonds. The molecule has 0 bridgehead atoms. The largest absolute Gasteiger partial charge is 0.359 e. The molecule has 32 heavy (non-hydrogen) atoms. The van der Waals surface area contributed by atoms with Gasteiger partial charge >= 0.3 is 0 Å². The van der Waals surface area contributed by atoms with Gasteiger partial charge in [0, 0.05) is 20.1 Å². The van der Waals surface area contributed by atoms with E-state index in [1.807, 2.05) is 13.0 Å². The fourth-order valence-corrected chi connectivity index (χ4v) is 5.18. The van der Waals surface area contributed by atoms with Gasteiger partial charge < -0.3 is 10.2 Å². The summed E-state index contributed by atoms with van der Waals surface area (Å²) in [4.78, 5) is 28.5. The Balaban J connectivity index is 1.58. The molecular weight excluding hydrogens is 420 g/mol. The van der Waals surface area contributed by atoms with Crippen LogP contribution in [0.4, 0.5) is 0 Å². The summed E-state index contributed by atoms with van der Waals surface area (Å²) in [5.41, 5.74) is 4.67. The van der Waals surface area contributed by atoms with Gasteiger partial charge in [-0.05, 0) is 54.4 Å². The maximum atomic E-state index is 13.1. The number of nitrogens with one attached hydrogen (secondary N) is 1. The van der Waals surface area contributed by atoms with Crippen LogP contribution >= 0.6 is 11.5 Å². The van der Waals surface area contributed by atoms with E-state index >= 15 is 0 Å². The molecule has 0 unspecified atom stereocenters. The van der Waals surface area contributed by atoms with E-state index in [9.17, 15) is 9.59 Å². The van der Waals surface area contributed by atoms with E-state index in [1.165, 1.54) is 5.56 Å². The lowest BCUT2D eigenvalue weighted by molar-refractivity contribution is -0.129. The highest BCUT2D eigenvalue weighted by Gasteiger charge is 2.46. The molecule has 2 aromatic carbocycles. The monoisotopic (exact) mass is 448 g/mol. The predicted octanol–water partition coefficient (Wildman–Crippen LogP) is 3.90. The van der Waals surface area contributed by atoms with Gasteiger partial charge in [-0.2, -0.15) is 0 Å². The number of aryl methyl sites for hydroxylation is 2. The average Bonchev–Trinajstić information content (AvgIpc) is 3.47. The van der Waals surface area contributed by atoms with Gasteiger partial charge in [0.25, 0.3) is 5.91 Å². The van der Waals surface area contributed by atoms with Crippen molar-refractivity contribution in [1.82, 2.24) is 19.8 Å². The molecule has 1 fully saturated rings. The first-order valence-corrected chi connectivity index (χ1v) is 11.7. The summed E-state index contributed by atoms with van der Waals surface area (Å²) in [5, 5.41) is 6.91. The zero-order valence-electron chi connectivity index (χ0n) is 18.7. The topological polar surface area (TPSA) is 75.2 Å². The summed E-state index contributed by atoms with van der Waals surface area (Å²) in [6.45, 7) is 4.98. The molecule has 1 aliphatic rings. The normalized spacial score (nSPS) is 18.0. The fourth-order valence-electron chi connectivity index (χ4n) is 4.46. The molecule has 3 aromatic rings. The first kappa shape index (κ1) is 22.1. The Hall–Kier alpha value is -3.06. The number of hydrogen-bond acceptors (Lipinski definition) is 5. The van der Waals surface area contributed by atoms with Crippen LogP contribution in [0.5, 0.6) is 0 Å². The van der Waals surface area contributed by atoms with Gasteiger partial charge in [-0.1, -0.05) is 65.5 Å². The minimum atomic E-state index is -0.652. The van der Waals surface area contributed by atoms with Crippen molar-refractivity contribution in [1.29, 1.82) is 0 Å². The molecule has 1 N–H and O–H groups in total. The molecule has 0 aliphatic carbocycles. The molecule has 6 nitrogen and oxygen atoms in total. The molecule has 0 saturated carbocycles. The van der Waals surface area contributed by atoms with Crippen molar-refractivity contribution in [2.75, 3.05) is 20.1 Å². The van der Waals surface area contributed by atoms with Crippen molar-refractivity contribution >= 4 is 23.3 Å². The Morgan fingerprint density at radius 1 is 1.16 bits per heavy atom. The van der Waals surface area contributed by atoms with Crippen molar-refractivity contribution < 1.29 is 9.59 Å². The van der Waals surface area contributed by atoms with Crippen LogP contribution in [0, 0.1) is 12.3 Å². The SMILES string of the molecule is CCc1nnsc1C(=O)N1CC[C@](Cc2cccc(-c3ccc(C)cc3)c2)(C(=O)NC)C1. The number of likely N-dealkylation sites (tertiary alicyclic amines) is 1. The lowest BCUT2D eigenvalue weighted by Crippen LogP contribution is -2.44. The number of carbonyl (C=O) groups is 2. The summed E-state index contributed by atoms with van der Waals surface area (Å²) in [7, 11) is 1.67. The third-order valence-electron chi connectivity index (χ3n) is 6.29. The molecule has 1 aliphatic heterocycles. The molecule has 1 atom stereocenters. The lowest BCUT2D eigenvalue weighted by atomic mass is 9.79. The van der Waals surface area contributed by atoms with Gasteiger partial charge in [0.15, 0.2) is 0 Å². The van der Waals surface area contributed by atoms with E-state index in [4.69, 9.17) is 0 Å². The van der Waals surface area contributed by atoms with Gasteiger partial charge in [0.05, 0.1) is 11.1 Å². The second kappa shape index (κ2) is 9.20. The van der Waals surface area contributed by atoms with Crippen molar-refractivity contribution in [3.8, 4) is 11.1 Å². The van der Waals surface area contributed by atoms with Crippen LogP contribution in [0.2, 0.25) is 0 Å². The molecule has 1 aromatic heterocycles. The standard InChI is InChI=1S/C25H28N4O2S/c1-4-21-22(32-28-27-21)23(30)29-13-12-25(16-29,24(31)26-3)15-18-6-5-7-20(14-18)19-10-8-17(2)9-11-19/h5-11,14H,4,12-13,15-16H2,1-3H3,(H,26,31)/t25-/m1/s1. The quantitative estimate of drug-likeness (QED) is 0.621. The third-order valence-corrected chi connectivity index (χ3v) is 7.05. The summed E-state index contributed by atoms with van der Waals surface area (Å²) in [6.07, 6.45) is 1.87. The van der Waals surface area contributed by atoms with Crippen molar-refractivity contribution in [3.63, 3.8) is 0 Å². The van der Waals surface area contributed by atoms with Crippen molar-refractivity contribution in [2.45, 2.75) is 33.1 Å². The van der Waals surface area contributed by atoms with Crippen molar-refractivity contribution in [2.24, 2.45) is 5.41 Å². The van der Waals surface area contributed by atoms with Crippen LogP contribution in [-0.4, -0.2) is 46.4 Å². The summed E-state index contributed by atoms with van der Waals surface area (Å²) in [5.74, 6) is -0.0947. The minimum absolute atomic E-state index is 0.0216. The van der Waals surface area contributed by atoms with E-state index in [0.29, 0.717) is 37.2 Å². The first-order valence-electron chi connectivity index (χ1n) is 10.9. The van der Waals surface area contributed by atoms with Crippen LogP contribution in [-0.2, 0) is 17.6 Å². The molecule has 166 valence electrons. The number of rotatable bonds is 6. The highest BCUT2D eigenvalue weighted by Crippen LogP contribution is 2.36. The molecule has 4 rings (SSSR count). The fraction of sp³-hybridized carbons (Fsp3) is 0.360. The van der Waals surface area contributed by atoms with E-state index < -0.39 is 5.41 Å². The smallest absolute Gasteiger partial charge is 0.267 e. The highest BCUT2D eigenvalue weighted by atomic mass is 32.1. The average molecular weight is 449 g/mol. The summed E-state index contributed by atoms with van der Waals surface area (Å²) in [6, 6.07) is 16.8. The first-order chi connectivity index (χ1) is 15.5. The van der Waals surface area contributed by atoms with Gasteiger partial charge in [-0.15, -0.1) is 5.10 Å². The number of hydrogen-bond donors (Lipinski definition) is 1. The minimum Gasteiger partial charge on any atom is -0.359 e. The van der Waals surface area contributed by atoms with E-state index in [2.05, 4.69) is 64.3 Å². The van der Waals surface area contributed by atoms with Crippen LogP contribution in [0.1, 0.15) is 39.8 Å². The van der Waals surface area contributed by atoms with Crippen LogP contribution < -0.4 is 5.32 Å². The number of nitrogens with zero attached hydrogens (tertiary/aromatic N) is 3. The highest BCUT2D eigenvalue weighted by molar-refractivity contribution is 7.08. The number of carbonyl (C=O) groups excluding carboxylic acids is 2. The maximum Gasteiger partial charge on any atom is 0.267 e. The van der Waals surface area contributed by atoms with Gasteiger partial charge in [0.2, 0.25) is 5.91 Å². The number of aromatic nitrogens is 2. The van der Waals surface area contributed by atoms with Crippen LogP contribution in [0.3, 0.4) is 0 Å². The van der Waals surface area contributed by atoms with Gasteiger partial charge in [0.1, 0.15) is 4.88 Å². The zero-order chi connectivity index (χ0) is 22.7. The van der Waals surface area contributed by atoms with Gasteiger partial charge in [-0.3, -0.25) is 9.59 Å². The Bertz CT molecular complexity index is 1120. The third kappa shape index (κ3) is 4.30. The van der Waals surface area contributed by atoms with E-state index in [0.717, 1.165) is 33.9 Å². The van der Waals surface area contributed by atoms with E-state index in [-0.39, 0.29) is 11.8 Å². The Morgan fingerprint density at radius 2 is 1.94 bits per heavy atom. The summed E-state index contributed by atoms with van der Waals surface area (Å²) >= 11 is 1.14. The second-order valence-corrected chi connectivity index (χ2v) is 9.24. The van der Waals surface area contributed by atoms with E-state index in [1.54, 1.807) is 11.9 Å². The Kier molecular flexibility index (Phi) is 6.37. The number of amides is 2. The lowest BCUT2D eigenvalue weighted by Gasteiger charge is -2.28. The zero-order valence-corrected chi connectivity index (χ0v) is 19.5. The van der Waals surface area contributed by atoms with Crippen molar-refractivity contribution in [3.05, 3.63) is 70.2 Å². The summed E-state index contributed by atoms with van der Waals surface area (Å²) < 4.78 is 3.95. The molecule has 7 heteroatoms. The van der Waals surface area contributed by atoms with Crippen LogP contribution in [0.25, 0.3) is 11.1 Å². The maximum absolute atomic E-state index is 13.1. The Morgan fingerprint density at radius 3 is 2.66 bits per heavy atom. The molecule has 0 spiro atoms. The predicted molar refractivity (Wildman–Crippen MR) is 127 cm³/mol. The second-order valence-electron chi connectivity index (χ2n) is 8.48. The molecular formula is C25H28N4O2S. The Labute approximate surface area is 192 Å². The van der Waals surface area contributed by atoms with Crippen LogP contribution in [0.15, 0.2) is 48.5 Å². The van der Waals surface area contributed by atoms with Gasteiger partial charge in [-0.25, -0.2) is 0 Å².